The van der Waals surface area contributed by atoms with Gasteiger partial charge in [-0.1, -0.05) is 17.7 Å². The van der Waals surface area contributed by atoms with Crippen LogP contribution in [-0.2, 0) is 6.54 Å². The molecule has 0 spiro atoms. The molecule has 2 aromatic rings. The Morgan fingerprint density at radius 1 is 1.15 bits per heavy atom. The maximum absolute atomic E-state index is 6.16. The van der Waals surface area contributed by atoms with Gasteiger partial charge in [-0.05, 0) is 55.8 Å². The zero-order chi connectivity index (χ0) is 14.7. The zero-order valence-corrected chi connectivity index (χ0v) is 13.1. The van der Waals surface area contributed by atoms with E-state index < -0.39 is 0 Å². The zero-order valence-electron chi connectivity index (χ0n) is 12.4. The van der Waals surface area contributed by atoms with E-state index in [1.54, 1.807) is 6.20 Å². The van der Waals surface area contributed by atoms with E-state index in [9.17, 15) is 0 Å². The maximum Gasteiger partial charge on any atom is 0.133 e. The van der Waals surface area contributed by atoms with Gasteiger partial charge in [0.1, 0.15) is 5.82 Å². The minimum atomic E-state index is 0.692. The summed E-state index contributed by atoms with van der Waals surface area (Å²) in [6, 6.07) is 8.50. The number of benzene rings is 1. The van der Waals surface area contributed by atoms with E-state index in [0.717, 1.165) is 23.6 Å². The molecule has 1 heterocycles. The quantitative estimate of drug-likeness (QED) is 0.927. The monoisotopic (exact) mass is 289 g/mol. The van der Waals surface area contributed by atoms with Gasteiger partial charge in [0.25, 0.3) is 0 Å². The first-order chi connectivity index (χ1) is 9.51. The fourth-order valence-electron chi connectivity index (χ4n) is 2.25. The molecule has 0 aliphatic rings. The van der Waals surface area contributed by atoms with Crippen LogP contribution in [0.4, 0.5) is 11.5 Å². The van der Waals surface area contributed by atoms with Crippen LogP contribution in [0.5, 0.6) is 0 Å². The Balaban J connectivity index is 2.37. The SMILES string of the molecule is CNCc1cc(N(C)c2cc(C)cc(C)c2)ncc1Cl. The van der Waals surface area contributed by atoms with Crippen molar-refractivity contribution in [2.45, 2.75) is 20.4 Å². The van der Waals surface area contributed by atoms with Gasteiger partial charge in [-0.3, -0.25) is 0 Å². The molecule has 106 valence electrons. The number of halogens is 1. The van der Waals surface area contributed by atoms with Crippen molar-refractivity contribution in [3.05, 3.63) is 52.2 Å². The Hall–Kier alpha value is -1.58. The van der Waals surface area contributed by atoms with Crippen molar-refractivity contribution in [2.24, 2.45) is 0 Å². The lowest BCUT2D eigenvalue weighted by molar-refractivity contribution is 0.815. The van der Waals surface area contributed by atoms with Gasteiger partial charge >= 0.3 is 0 Å². The van der Waals surface area contributed by atoms with Crippen molar-refractivity contribution < 1.29 is 0 Å². The topological polar surface area (TPSA) is 28.2 Å². The maximum atomic E-state index is 6.16. The molecule has 0 saturated heterocycles. The number of aromatic nitrogens is 1. The first-order valence-electron chi connectivity index (χ1n) is 6.62. The predicted octanol–water partition coefficient (Wildman–Crippen LogP) is 3.84. The van der Waals surface area contributed by atoms with Crippen molar-refractivity contribution >= 4 is 23.1 Å². The molecule has 0 aliphatic carbocycles. The lowest BCUT2D eigenvalue weighted by Crippen LogP contribution is -2.13. The average molecular weight is 290 g/mol. The minimum Gasteiger partial charge on any atom is -0.329 e. The predicted molar refractivity (Wildman–Crippen MR) is 86.0 cm³/mol. The number of nitrogens with one attached hydrogen (secondary N) is 1. The fourth-order valence-corrected chi connectivity index (χ4v) is 2.42. The molecule has 0 aliphatic heterocycles. The first-order valence-corrected chi connectivity index (χ1v) is 7.00. The van der Waals surface area contributed by atoms with Crippen molar-refractivity contribution in [3.8, 4) is 0 Å². The second kappa shape index (κ2) is 6.25. The van der Waals surface area contributed by atoms with Gasteiger partial charge in [0, 0.05) is 25.5 Å². The number of hydrogen-bond acceptors (Lipinski definition) is 3. The van der Waals surface area contributed by atoms with E-state index in [-0.39, 0.29) is 0 Å². The highest BCUT2D eigenvalue weighted by molar-refractivity contribution is 6.31. The summed E-state index contributed by atoms with van der Waals surface area (Å²) in [4.78, 5) is 6.50. The lowest BCUT2D eigenvalue weighted by Gasteiger charge is -2.20. The average Bonchev–Trinajstić information content (AvgIpc) is 2.39. The van der Waals surface area contributed by atoms with E-state index in [4.69, 9.17) is 11.6 Å². The van der Waals surface area contributed by atoms with Crippen LogP contribution in [0.3, 0.4) is 0 Å². The summed E-state index contributed by atoms with van der Waals surface area (Å²) < 4.78 is 0. The molecule has 0 amide bonds. The van der Waals surface area contributed by atoms with Gasteiger partial charge in [-0.25, -0.2) is 4.98 Å². The molecule has 1 aromatic heterocycles. The molecule has 3 nitrogen and oxygen atoms in total. The Morgan fingerprint density at radius 2 is 1.80 bits per heavy atom. The van der Waals surface area contributed by atoms with Crippen molar-refractivity contribution in [2.75, 3.05) is 19.0 Å². The van der Waals surface area contributed by atoms with E-state index in [0.29, 0.717) is 5.02 Å². The number of rotatable bonds is 4. The number of nitrogens with zero attached hydrogens (tertiary/aromatic N) is 2. The van der Waals surface area contributed by atoms with E-state index >= 15 is 0 Å². The summed E-state index contributed by atoms with van der Waals surface area (Å²) in [6.07, 6.45) is 1.71. The summed E-state index contributed by atoms with van der Waals surface area (Å²) in [5.41, 5.74) is 4.68. The van der Waals surface area contributed by atoms with Crippen molar-refractivity contribution in [3.63, 3.8) is 0 Å². The van der Waals surface area contributed by atoms with Crippen LogP contribution in [0.2, 0.25) is 5.02 Å². The molecule has 0 unspecified atom stereocenters. The Labute approximate surface area is 125 Å². The van der Waals surface area contributed by atoms with Gasteiger partial charge < -0.3 is 10.2 Å². The largest absolute Gasteiger partial charge is 0.329 e. The molecule has 0 bridgehead atoms. The van der Waals surface area contributed by atoms with Crippen LogP contribution in [-0.4, -0.2) is 19.1 Å². The van der Waals surface area contributed by atoms with Crippen LogP contribution in [0.1, 0.15) is 16.7 Å². The van der Waals surface area contributed by atoms with Gasteiger partial charge in [0.2, 0.25) is 0 Å². The number of pyridine rings is 1. The Morgan fingerprint density at radius 3 is 2.40 bits per heavy atom. The first kappa shape index (κ1) is 14.8. The molecule has 0 fully saturated rings. The molecular formula is C16H20ClN3. The summed E-state index contributed by atoms with van der Waals surface area (Å²) in [5.74, 6) is 0.893. The van der Waals surface area contributed by atoms with E-state index in [2.05, 4.69) is 47.2 Å². The number of anilines is 2. The molecule has 0 atom stereocenters. The van der Waals surface area contributed by atoms with Gasteiger partial charge in [-0.15, -0.1) is 0 Å². The van der Waals surface area contributed by atoms with E-state index in [1.165, 1.54) is 11.1 Å². The smallest absolute Gasteiger partial charge is 0.133 e. The van der Waals surface area contributed by atoms with Gasteiger partial charge in [0.15, 0.2) is 0 Å². The molecule has 2 rings (SSSR count). The van der Waals surface area contributed by atoms with Crippen molar-refractivity contribution in [1.29, 1.82) is 0 Å². The standard InChI is InChI=1S/C16H20ClN3/c1-11-5-12(2)7-14(6-11)20(4)16-8-13(9-18-3)15(17)10-19-16/h5-8,10,18H,9H2,1-4H3. The van der Waals surface area contributed by atoms with Crippen LogP contribution >= 0.6 is 11.6 Å². The van der Waals surface area contributed by atoms with Crippen LogP contribution in [0.15, 0.2) is 30.5 Å². The molecule has 1 aromatic carbocycles. The summed E-state index contributed by atoms with van der Waals surface area (Å²) in [7, 11) is 3.93. The highest BCUT2D eigenvalue weighted by Crippen LogP contribution is 2.26. The summed E-state index contributed by atoms with van der Waals surface area (Å²) in [6.45, 7) is 4.94. The minimum absolute atomic E-state index is 0.692. The molecule has 0 saturated carbocycles. The molecular weight excluding hydrogens is 270 g/mol. The highest BCUT2D eigenvalue weighted by Gasteiger charge is 2.09. The van der Waals surface area contributed by atoms with Crippen LogP contribution < -0.4 is 10.2 Å². The molecule has 4 heteroatoms. The van der Waals surface area contributed by atoms with Gasteiger partial charge in [0.05, 0.1) is 5.02 Å². The third-order valence-electron chi connectivity index (χ3n) is 3.22. The molecule has 20 heavy (non-hydrogen) atoms. The highest BCUT2D eigenvalue weighted by atomic mass is 35.5. The second-order valence-electron chi connectivity index (χ2n) is 5.07. The fraction of sp³-hybridized carbons (Fsp3) is 0.312. The number of hydrogen-bond donors (Lipinski definition) is 1. The Kier molecular flexibility index (Phi) is 4.63. The van der Waals surface area contributed by atoms with E-state index in [1.807, 2.05) is 20.2 Å². The lowest BCUT2D eigenvalue weighted by atomic mass is 10.1. The summed E-state index contributed by atoms with van der Waals surface area (Å²) in [5, 5.41) is 3.81. The van der Waals surface area contributed by atoms with Crippen LogP contribution in [0.25, 0.3) is 0 Å². The Bertz CT molecular complexity index is 590. The van der Waals surface area contributed by atoms with Crippen molar-refractivity contribution in [1.82, 2.24) is 10.3 Å². The number of aryl methyl sites for hydroxylation is 2. The third kappa shape index (κ3) is 3.30. The van der Waals surface area contributed by atoms with Crippen LogP contribution in [0, 0.1) is 13.8 Å². The third-order valence-corrected chi connectivity index (χ3v) is 3.57. The van der Waals surface area contributed by atoms with Gasteiger partial charge in [-0.2, -0.15) is 0 Å². The second-order valence-corrected chi connectivity index (χ2v) is 5.48. The summed E-state index contributed by atoms with van der Waals surface area (Å²) >= 11 is 6.16. The molecule has 1 N–H and O–H groups in total. The molecule has 0 radical (unpaired) electrons. The normalized spacial score (nSPS) is 10.7.